The number of pyridine rings is 1. The summed E-state index contributed by atoms with van der Waals surface area (Å²) in [5.41, 5.74) is 6.31. The molecule has 2 aliphatic heterocycles. The molecule has 5 aromatic rings. The number of carbonyl (C=O) groups excluding carboxylic acids is 2. The summed E-state index contributed by atoms with van der Waals surface area (Å²) in [6, 6.07) is 33.3. The fourth-order valence-electron chi connectivity index (χ4n) is 6.11. The molecule has 2 aliphatic rings. The summed E-state index contributed by atoms with van der Waals surface area (Å²) in [6.07, 6.45) is 0.885. The Labute approximate surface area is 287 Å². The fraction of sp³-hybridized carbons (Fsp3) is 0.179. The Bertz CT molecular complexity index is 1980. The minimum Gasteiger partial charge on any atom is -0.478 e. The molecule has 0 aliphatic carbocycles. The van der Waals surface area contributed by atoms with E-state index < -0.39 is 12.3 Å². The van der Waals surface area contributed by atoms with Gasteiger partial charge >= 0.3 is 5.97 Å². The number of carboxylic acids is 1. The molecule has 2 amide bonds. The van der Waals surface area contributed by atoms with Gasteiger partial charge in [-0.25, -0.2) is 9.78 Å². The van der Waals surface area contributed by atoms with Crippen LogP contribution in [-0.4, -0.2) is 49.7 Å². The number of carbonyl (C=O) groups is 3. The van der Waals surface area contributed by atoms with Gasteiger partial charge < -0.3 is 19.7 Å². The third-order valence-electron chi connectivity index (χ3n) is 8.68. The lowest BCUT2D eigenvalue weighted by atomic mass is 9.99. The number of aromatic carboxylic acids is 1. The Balaban J connectivity index is 1.09. The second-order valence-electron chi connectivity index (χ2n) is 11.9. The quantitative estimate of drug-likeness (QED) is 0.118. The van der Waals surface area contributed by atoms with E-state index in [0.29, 0.717) is 28.3 Å². The number of hydrogen-bond donors (Lipinski definition) is 2. The maximum atomic E-state index is 12.9. The van der Waals surface area contributed by atoms with Gasteiger partial charge in [0.05, 0.1) is 42.0 Å². The number of nitrogens with zero attached hydrogens (tertiary/aromatic N) is 2. The van der Waals surface area contributed by atoms with Crippen molar-refractivity contribution in [3.63, 3.8) is 0 Å². The molecule has 7 rings (SSSR count). The monoisotopic (exact) mass is 672 g/mol. The number of imide groups is 1. The number of aliphatic hydroxyl groups excluding tert-OH is 1. The number of carboxylic acid groups (broad SMARTS) is 1. The third-order valence-corrected chi connectivity index (χ3v) is 9.82. The normalized spacial score (nSPS) is 18.8. The summed E-state index contributed by atoms with van der Waals surface area (Å²) < 4.78 is 12.9. The van der Waals surface area contributed by atoms with Crippen molar-refractivity contribution in [2.45, 2.75) is 43.1 Å². The van der Waals surface area contributed by atoms with E-state index >= 15 is 0 Å². The van der Waals surface area contributed by atoms with E-state index in [9.17, 15) is 24.6 Å². The number of aliphatic hydroxyl groups is 1. The molecular formula is C39H32N2O7S. The van der Waals surface area contributed by atoms with Gasteiger partial charge in [0.2, 0.25) is 0 Å². The predicted octanol–water partition coefficient (Wildman–Crippen LogP) is 7.07. The van der Waals surface area contributed by atoms with E-state index in [1.807, 2.05) is 72.8 Å². The van der Waals surface area contributed by atoms with E-state index in [-0.39, 0.29) is 42.7 Å². The SMILES string of the molecule is O=C(O)c1cccnc1SC[C@H]1C[C@@H](c2ccc(CO)cc2)O[C@@H](c2ccc(-c3cccc(CN4C(=O)c5ccccc5C4=O)c3)cc2)O1. The van der Waals surface area contributed by atoms with Crippen LogP contribution in [0.1, 0.15) is 72.1 Å². The Morgan fingerprint density at radius 2 is 1.51 bits per heavy atom. The van der Waals surface area contributed by atoms with Crippen molar-refractivity contribution in [1.29, 1.82) is 0 Å². The standard InChI is InChI=1S/C39H32N2O7S/c42-22-24-10-12-27(13-11-24)34-20-30(23-49-35-33(38(45)46)9-4-18-40-35)47-39(48-34)28-16-14-26(15-17-28)29-6-3-5-25(19-29)21-41-36(43)31-7-1-2-8-32(31)37(41)44/h1-19,30,34,39,42H,20-23H2,(H,45,46)/t30-,34+,39+/m1/s1. The van der Waals surface area contributed by atoms with Gasteiger partial charge in [-0.2, -0.15) is 0 Å². The Kier molecular flexibility index (Phi) is 9.36. The van der Waals surface area contributed by atoms with Crippen LogP contribution in [0.3, 0.4) is 0 Å². The zero-order valence-corrected chi connectivity index (χ0v) is 27.1. The first kappa shape index (κ1) is 32.4. The minimum atomic E-state index is -1.03. The molecule has 1 saturated heterocycles. The van der Waals surface area contributed by atoms with Gasteiger partial charge in [-0.3, -0.25) is 14.5 Å². The zero-order chi connectivity index (χ0) is 33.9. The Morgan fingerprint density at radius 3 is 2.20 bits per heavy atom. The van der Waals surface area contributed by atoms with Gasteiger partial charge in [-0.15, -0.1) is 11.8 Å². The van der Waals surface area contributed by atoms with Gasteiger partial charge in [0, 0.05) is 23.9 Å². The lowest BCUT2D eigenvalue weighted by Gasteiger charge is -2.36. The highest BCUT2D eigenvalue weighted by Crippen LogP contribution is 2.40. The van der Waals surface area contributed by atoms with Crippen LogP contribution in [0.15, 0.2) is 120 Å². The van der Waals surface area contributed by atoms with E-state index in [0.717, 1.165) is 33.4 Å². The molecule has 2 N–H and O–H groups in total. The molecule has 1 aromatic heterocycles. The van der Waals surface area contributed by atoms with E-state index in [4.69, 9.17) is 9.47 Å². The van der Waals surface area contributed by atoms with E-state index in [1.54, 1.807) is 42.6 Å². The summed E-state index contributed by atoms with van der Waals surface area (Å²) >= 11 is 1.34. The molecule has 4 aromatic carbocycles. The highest BCUT2D eigenvalue weighted by Gasteiger charge is 2.35. The molecule has 10 heteroatoms. The second kappa shape index (κ2) is 14.2. The van der Waals surface area contributed by atoms with Crippen LogP contribution in [0.5, 0.6) is 0 Å². The number of benzene rings is 4. The topological polar surface area (TPSA) is 126 Å². The van der Waals surface area contributed by atoms with Crippen LogP contribution in [0.4, 0.5) is 0 Å². The molecule has 0 radical (unpaired) electrons. The largest absolute Gasteiger partial charge is 0.478 e. The Hall–Kier alpha value is -5.13. The number of rotatable bonds is 10. The number of thioether (sulfide) groups is 1. The first-order chi connectivity index (χ1) is 23.9. The summed E-state index contributed by atoms with van der Waals surface area (Å²) in [6.45, 7) is 0.124. The number of ether oxygens (including phenoxy) is 2. The predicted molar refractivity (Wildman–Crippen MR) is 183 cm³/mol. The van der Waals surface area contributed by atoms with Crippen molar-refractivity contribution in [3.8, 4) is 11.1 Å². The summed E-state index contributed by atoms with van der Waals surface area (Å²) in [4.78, 5) is 43.1. The molecular weight excluding hydrogens is 641 g/mol. The van der Waals surface area contributed by atoms with Crippen molar-refractivity contribution in [2.24, 2.45) is 0 Å². The van der Waals surface area contributed by atoms with Gasteiger partial charge in [0.25, 0.3) is 11.8 Å². The van der Waals surface area contributed by atoms with Gasteiger partial charge in [-0.05, 0) is 58.1 Å². The average Bonchev–Trinajstić information content (AvgIpc) is 3.38. The third kappa shape index (κ3) is 6.90. The average molecular weight is 673 g/mol. The van der Waals surface area contributed by atoms with E-state index in [1.165, 1.54) is 16.7 Å². The van der Waals surface area contributed by atoms with Crippen LogP contribution in [0.25, 0.3) is 11.1 Å². The molecule has 49 heavy (non-hydrogen) atoms. The molecule has 3 heterocycles. The summed E-state index contributed by atoms with van der Waals surface area (Å²) in [5, 5.41) is 19.6. The molecule has 1 fully saturated rings. The van der Waals surface area contributed by atoms with Gasteiger partial charge in [0.1, 0.15) is 5.03 Å². The number of aromatic nitrogens is 1. The molecule has 0 unspecified atom stereocenters. The van der Waals surface area contributed by atoms with Crippen LogP contribution in [0, 0.1) is 0 Å². The smallest absolute Gasteiger partial charge is 0.338 e. The first-order valence-electron chi connectivity index (χ1n) is 15.8. The molecule has 3 atom stereocenters. The van der Waals surface area contributed by atoms with Crippen molar-refractivity contribution < 1.29 is 34.1 Å². The first-order valence-corrected chi connectivity index (χ1v) is 16.8. The highest BCUT2D eigenvalue weighted by atomic mass is 32.2. The second-order valence-corrected chi connectivity index (χ2v) is 12.9. The van der Waals surface area contributed by atoms with E-state index in [2.05, 4.69) is 4.98 Å². The number of amides is 2. The van der Waals surface area contributed by atoms with Crippen molar-refractivity contribution >= 4 is 29.5 Å². The highest BCUT2D eigenvalue weighted by molar-refractivity contribution is 7.99. The summed E-state index contributed by atoms with van der Waals surface area (Å²) in [5.74, 6) is -1.13. The van der Waals surface area contributed by atoms with Crippen molar-refractivity contribution in [2.75, 3.05) is 5.75 Å². The van der Waals surface area contributed by atoms with Gasteiger partial charge in [-0.1, -0.05) is 78.9 Å². The van der Waals surface area contributed by atoms with Crippen molar-refractivity contribution in [3.05, 3.63) is 154 Å². The number of fused-ring (bicyclic) bond motifs is 1. The fourth-order valence-corrected chi connectivity index (χ4v) is 7.12. The lowest BCUT2D eigenvalue weighted by molar-refractivity contribution is -0.245. The maximum absolute atomic E-state index is 12.9. The molecule has 246 valence electrons. The Morgan fingerprint density at radius 1 is 0.796 bits per heavy atom. The van der Waals surface area contributed by atoms with Crippen LogP contribution in [0.2, 0.25) is 0 Å². The van der Waals surface area contributed by atoms with Crippen LogP contribution < -0.4 is 0 Å². The zero-order valence-electron chi connectivity index (χ0n) is 26.3. The maximum Gasteiger partial charge on any atom is 0.338 e. The molecule has 0 bridgehead atoms. The molecule has 9 nitrogen and oxygen atoms in total. The lowest BCUT2D eigenvalue weighted by Crippen LogP contribution is -2.31. The van der Waals surface area contributed by atoms with Crippen molar-refractivity contribution in [1.82, 2.24) is 9.88 Å². The van der Waals surface area contributed by atoms with Crippen LogP contribution >= 0.6 is 11.8 Å². The van der Waals surface area contributed by atoms with Crippen LogP contribution in [-0.2, 0) is 22.6 Å². The molecule has 0 spiro atoms. The molecule has 0 saturated carbocycles. The number of hydrogen-bond acceptors (Lipinski definition) is 8. The minimum absolute atomic E-state index is 0.0508. The van der Waals surface area contributed by atoms with Gasteiger partial charge in [0.15, 0.2) is 6.29 Å². The summed E-state index contributed by atoms with van der Waals surface area (Å²) in [7, 11) is 0.